The molecule has 21 heavy (non-hydrogen) atoms. The van der Waals surface area contributed by atoms with Crippen molar-refractivity contribution in [2.75, 3.05) is 4.90 Å². The van der Waals surface area contributed by atoms with E-state index in [9.17, 15) is 4.79 Å². The van der Waals surface area contributed by atoms with E-state index < -0.39 is 0 Å². The fourth-order valence-electron chi connectivity index (χ4n) is 3.77. The first-order valence-corrected chi connectivity index (χ1v) is 8.20. The Labute approximate surface area is 127 Å². The summed E-state index contributed by atoms with van der Waals surface area (Å²) in [5, 5.41) is 0. The van der Waals surface area contributed by atoms with E-state index in [4.69, 9.17) is 0 Å². The van der Waals surface area contributed by atoms with E-state index in [-0.39, 0.29) is 12.1 Å². The molecule has 2 fully saturated rings. The van der Waals surface area contributed by atoms with Crippen LogP contribution in [0.2, 0.25) is 0 Å². The zero-order valence-corrected chi connectivity index (χ0v) is 13.2. The van der Waals surface area contributed by atoms with Crippen LogP contribution in [0, 0.1) is 0 Å². The molecule has 1 aromatic rings. The lowest BCUT2D eigenvalue weighted by atomic mass is 9.90. The van der Waals surface area contributed by atoms with Crippen LogP contribution in [0.1, 0.15) is 52.0 Å². The highest BCUT2D eigenvalue weighted by molar-refractivity contribution is 5.95. The number of urea groups is 1. The standard InChI is InChI=1S/C17H25N3O/c1-4-13-9-10-16(18-11-13)20-15-8-6-5-7-14(15)19(12(2)3)17(20)21/h9-12,14-15H,4-8H2,1-3H3. The molecule has 0 radical (unpaired) electrons. The second-order valence-electron chi connectivity index (χ2n) is 6.45. The van der Waals surface area contributed by atoms with Gasteiger partial charge in [-0.15, -0.1) is 0 Å². The summed E-state index contributed by atoms with van der Waals surface area (Å²) in [6, 6.07) is 5.15. The van der Waals surface area contributed by atoms with Crippen molar-refractivity contribution >= 4 is 11.8 Å². The van der Waals surface area contributed by atoms with Gasteiger partial charge in [-0.25, -0.2) is 9.78 Å². The van der Waals surface area contributed by atoms with E-state index >= 15 is 0 Å². The summed E-state index contributed by atoms with van der Waals surface area (Å²) in [6.07, 6.45) is 7.54. The first-order chi connectivity index (χ1) is 10.1. The molecule has 114 valence electrons. The van der Waals surface area contributed by atoms with E-state index in [0.29, 0.717) is 12.1 Å². The highest BCUT2D eigenvalue weighted by Gasteiger charge is 2.48. The Balaban J connectivity index is 1.94. The summed E-state index contributed by atoms with van der Waals surface area (Å²) in [5.74, 6) is 0.817. The second kappa shape index (κ2) is 5.66. The fourth-order valence-corrected chi connectivity index (χ4v) is 3.77. The van der Waals surface area contributed by atoms with Gasteiger partial charge in [-0.2, -0.15) is 0 Å². The topological polar surface area (TPSA) is 36.4 Å². The van der Waals surface area contributed by atoms with Crippen molar-refractivity contribution < 1.29 is 4.79 Å². The number of hydrogen-bond acceptors (Lipinski definition) is 2. The normalized spacial score (nSPS) is 25.6. The van der Waals surface area contributed by atoms with Gasteiger partial charge >= 0.3 is 6.03 Å². The summed E-state index contributed by atoms with van der Waals surface area (Å²) in [7, 11) is 0. The summed E-state index contributed by atoms with van der Waals surface area (Å²) < 4.78 is 0. The lowest BCUT2D eigenvalue weighted by Crippen LogP contribution is -2.42. The highest BCUT2D eigenvalue weighted by atomic mass is 16.2. The van der Waals surface area contributed by atoms with Crippen LogP contribution in [-0.4, -0.2) is 34.0 Å². The Bertz CT molecular complexity index is 511. The Hall–Kier alpha value is -1.58. The average Bonchev–Trinajstić information content (AvgIpc) is 2.79. The van der Waals surface area contributed by atoms with Crippen molar-refractivity contribution in [3.8, 4) is 0 Å². The van der Waals surface area contributed by atoms with Gasteiger partial charge in [0.05, 0.1) is 12.1 Å². The number of fused-ring (bicyclic) bond motifs is 1. The van der Waals surface area contributed by atoms with Crippen molar-refractivity contribution in [2.24, 2.45) is 0 Å². The predicted octanol–water partition coefficient (Wildman–Crippen LogP) is 3.61. The van der Waals surface area contributed by atoms with Crippen molar-refractivity contribution in [3.05, 3.63) is 23.9 Å². The fraction of sp³-hybridized carbons (Fsp3) is 0.647. The van der Waals surface area contributed by atoms with Gasteiger partial charge in [0.2, 0.25) is 0 Å². The monoisotopic (exact) mass is 287 g/mol. The van der Waals surface area contributed by atoms with Gasteiger partial charge < -0.3 is 4.90 Å². The summed E-state index contributed by atoms with van der Waals surface area (Å²) in [4.78, 5) is 21.4. The minimum absolute atomic E-state index is 0.138. The van der Waals surface area contributed by atoms with E-state index in [1.807, 2.05) is 17.2 Å². The number of carbonyl (C=O) groups excluding carboxylic acids is 1. The summed E-state index contributed by atoms with van der Waals surface area (Å²) >= 11 is 0. The Kier molecular flexibility index (Phi) is 3.87. The number of aryl methyl sites for hydroxylation is 1. The third kappa shape index (κ3) is 2.41. The molecule has 4 nitrogen and oxygen atoms in total. The maximum absolute atomic E-state index is 12.9. The van der Waals surface area contributed by atoms with Gasteiger partial charge in [0.15, 0.2) is 0 Å². The molecular formula is C17H25N3O. The molecular weight excluding hydrogens is 262 g/mol. The lowest BCUT2D eigenvalue weighted by molar-refractivity contribution is 0.169. The van der Waals surface area contributed by atoms with Crippen LogP contribution in [0.25, 0.3) is 0 Å². The molecule has 2 aliphatic rings. The molecule has 3 rings (SSSR count). The molecule has 4 heteroatoms. The number of aromatic nitrogens is 1. The van der Waals surface area contributed by atoms with Crippen molar-refractivity contribution in [1.82, 2.24) is 9.88 Å². The van der Waals surface area contributed by atoms with Gasteiger partial charge in [-0.1, -0.05) is 25.8 Å². The van der Waals surface area contributed by atoms with Gasteiger partial charge in [0.1, 0.15) is 5.82 Å². The molecule has 1 aliphatic heterocycles. The van der Waals surface area contributed by atoms with Crippen LogP contribution >= 0.6 is 0 Å². The number of carbonyl (C=O) groups is 1. The molecule has 2 unspecified atom stereocenters. The molecule has 1 saturated carbocycles. The molecule has 1 saturated heterocycles. The van der Waals surface area contributed by atoms with Crippen molar-refractivity contribution in [2.45, 2.75) is 71.0 Å². The maximum atomic E-state index is 12.9. The molecule has 0 spiro atoms. The third-order valence-corrected chi connectivity index (χ3v) is 4.83. The quantitative estimate of drug-likeness (QED) is 0.851. The lowest BCUT2D eigenvalue weighted by Gasteiger charge is -2.33. The first kappa shape index (κ1) is 14.4. The van der Waals surface area contributed by atoms with E-state index in [0.717, 1.165) is 25.1 Å². The van der Waals surface area contributed by atoms with Crippen LogP contribution in [0.5, 0.6) is 0 Å². The molecule has 0 bridgehead atoms. The number of hydrogen-bond donors (Lipinski definition) is 0. The summed E-state index contributed by atoms with van der Waals surface area (Å²) in [6.45, 7) is 6.34. The minimum Gasteiger partial charge on any atom is -0.317 e. The van der Waals surface area contributed by atoms with Gasteiger partial charge in [0, 0.05) is 12.2 Å². The van der Waals surface area contributed by atoms with Crippen LogP contribution in [0.4, 0.5) is 10.6 Å². The number of nitrogens with zero attached hydrogens (tertiary/aromatic N) is 3. The molecule has 1 aliphatic carbocycles. The first-order valence-electron chi connectivity index (χ1n) is 8.20. The number of amides is 2. The third-order valence-electron chi connectivity index (χ3n) is 4.83. The smallest absolute Gasteiger partial charge is 0.317 e. The average molecular weight is 287 g/mol. The van der Waals surface area contributed by atoms with Gasteiger partial charge in [-0.3, -0.25) is 4.90 Å². The molecule has 2 amide bonds. The number of pyridine rings is 1. The maximum Gasteiger partial charge on any atom is 0.326 e. The molecule has 2 heterocycles. The minimum atomic E-state index is 0.138. The highest BCUT2D eigenvalue weighted by Crippen LogP contribution is 2.37. The molecule has 1 aromatic heterocycles. The molecule has 0 N–H and O–H groups in total. The second-order valence-corrected chi connectivity index (χ2v) is 6.45. The van der Waals surface area contributed by atoms with Crippen molar-refractivity contribution in [1.29, 1.82) is 0 Å². The number of rotatable bonds is 3. The van der Waals surface area contributed by atoms with Crippen molar-refractivity contribution in [3.63, 3.8) is 0 Å². The van der Waals surface area contributed by atoms with Crippen LogP contribution < -0.4 is 4.90 Å². The Morgan fingerprint density at radius 3 is 2.52 bits per heavy atom. The van der Waals surface area contributed by atoms with E-state index in [2.05, 4.69) is 36.7 Å². The predicted molar refractivity (Wildman–Crippen MR) is 84.5 cm³/mol. The number of anilines is 1. The van der Waals surface area contributed by atoms with Crippen LogP contribution in [0.3, 0.4) is 0 Å². The largest absolute Gasteiger partial charge is 0.326 e. The van der Waals surface area contributed by atoms with Crippen LogP contribution in [0.15, 0.2) is 18.3 Å². The van der Waals surface area contributed by atoms with Crippen LogP contribution in [-0.2, 0) is 6.42 Å². The summed E-state index contributed by atoms with van der Waals surface area (Å²) in [5.41, 5.74) is 1.21. The molecule has 2 atom stereocenters. The zero-order valence-electron chi connectivity index (χ0n) is 13.2. The zero-order chi connectivity index (χ0) is 15.0. The molecule has 0 aromatic carbocycles. The van der Waals surface area contributed by atoms with Gasteiger partial charge in [-0.05, 0) is 44.7 Å². The van der Waals surface area contributed by atoms with E-state index in [1.54, 1.807) is 0 Å². The van der Waals surface area contributed by atoms with Gasteiger partial charge in [0.25, 0.3) is 0 Å². The SMILES string of the molecule is CCc1ccc(N2C(=O)N(C(C)C)C3CCCCC32)nc1. The Morgan fingerprint density at radius 2 is 1.95 bits per heavy atom. The Morgan fingerprint density at radius 1 is 1.24 bits per heavy atom. The van der Waals surface area contributed by atoms with E-state index in [1.165, 1.54) is 18.4 Å².